The SMILES string of the molecule is Cl.Cl.O=C1OC[C@H]2CN(C3CCN(Cc4ccccc4)CC3)C[C@@H]12. The van der Waals surface area contributed by atoms with Crippen molar-refractivity contribution < 1.29 is 9.53 Å². The number of nitrogens with zero attached hydrogens (tertiary/aromatic N) is 2. The van der Waals surface area contributed by atoms with Gasteiger partial charge in [0.15, 0.2) is 0 Å². The monoisotopic (exact) mass is 372 g/mol. The normalized spacial score (nSPS) is 27.9. The van der Waals surface area contributed by atoms with Gasteiger partial charge in [0.2, 0.25) is 0 Å². The first kappa shape index (κ1) is 19.5. The summed E-state index contributed by atoms with van der Waals surface area (Å²) in [5.41, 5.74) is 1.40. The number of fused-ring (bicyclic) bond motifs is 1. The van der Waals surface area contributed by atoms with Crippen LogP contribution in [0, 0.1) is 11.8 Å². The second kappa shape index (κ2) is 8.52. The van der Waals surface area contributed by atoms with Crippen molar-refractivity contribution in [2.45, 2.75) is 25.4 Å². The number of hydrogen-bond donors (Lipinski definition) is 0. The molecule has 0 N–H and O–H groups in total. The minimum atomic E-state index is 0. The van der Waals surface area contributed by atoms with E-state index < -0.39 is 0 Å². The zero-order chi connectivity index (χ0) is 14.9. The van der Waals surface area contributed by atoms with Crippen LogP contribution in [0.15, 0.2) is 30.3 Å². The molecular formula is C18H26Cl2N2O2. The number of cyclic esters (lactones) is 1. The Bertz CT molecular complexity index is 535. The summed E-state index contributed by atoms with van der Waals surface area (Å²) in [4.78, 5) is 16.8. The van der Waals surface area contributed by atoms with E-state index in [4.69, 9.17) is 4.74 Å². The minimum Gasteiger partial charge on any atom is -0.465 e. The van der Waals surface area contributed by atoms with Crippen LogP contribution in [0.1, 0.15) is 18.4 Å². The molecule has 1 aromatic rings. The molecule has 0 radical (unpaired) electrons. The van der Waals surface area contributed by atoms with Crippen LogP contribution in [-0.4, -0.2) is 54.6 Å². The fraction of sp³-hybridized carbons (Fsp3) is 0.611. The van der Waals surface area contributed by atoms with Crippen molar-refractivity contribution in [3.63, 3.8) is 0 Å². The second-order valence-electron chi connectivity index (χ2n) is 6.94. The predicted molar refractivity (Wildman–Crippen MR) is 98.7 cm³/mol. The van der Waals surface area contributed by atoms with Crippen LogP contribution in [0.5, 0.6) is 0 Å². The number of halogens is 2. The Labute approximate surface area is 156 Å². The van der Waals surface area contributed by atoms with Gasteiger partial charge in [-0.25, -0.2) is 0 Å². The highest BCUT2D eigenvalue weighted by Crippen LogP contribution is 2.33. The van der Waals surface area contributed by atoms with E-state index in [9.17, 15) is 4.79 Å². The van der Waals surface area contributed by atoms with Gasteiger partial charge in [0.05, 0.1) is 12.5 Å². The maximum absolute atomic E-state index is 11.7. The van der Waals surface area contributed by atoms with Crippen molar-refractivity contribution in [1.82, 2.24) is 9.80 Å². The number of benzene rings is 1. The molecule has 2 atom stereocenters. The molecule has 0 aromatic heterocycles. The minimum absolute atomic E-state index is 0. The Morgan fingerprint density at radius 2 is 1.75 bits per heavy atom. The number of likely N-dealkylation sites (tertiary alicyclic amines) is 2. The zero-order valence-electron chi connectivity index (χ0n) is 13.8. The highest BCUT2D eigenvalue weighted by Gasteiger charge is 2.45. The predicted octanol–water partition coefficient (Wildman–Crippen LogP) is 2.60. The van der Waals surface area contributed by atoms with Crippen LogP contribution in [0.25, 0.3) is 0 Å². The first-order chi connectivity index (χ1) is 10.8. The molecule has 0 unspecified atom stereocenters. The number of ether oxygens (including phenoxy) is 1. The van der Waals surface area contributed by atoms with Crippen LogP contribution in [0.4, 0.5) is 0 Å². The molecule has 24 heavy (non-hydrogen) atoms. The number of piperidine rings is 1. The molecular weight excluding hydrogens is 347 g/mol. The highest BCUT2D eigenvalue weighted by molar-refractivity contribution is 5.85. The Morgan fingerprint density at radius 3 is 2.42 bits per heavy atom. The summed E-state index contributed by atoms with van der Waals surface area (Å²) in [6.45, 7) is 6.01. The summed E-state index contributed by atoms with van der Waals surface area (Å²) in [5.74, 6) is 0.645. The first-order valence-corrected chi connectivity index (χ1v) is 8.46. The van der Waals surface area contributed by atoms with Gasteiger partial charge < -0.3 is 4.74 Å². The average molecular weight is 373 g/mol. The summed E-state index contributed by atoms with van der Waals surface area (Å²) in [6.07, 6.45) is 2.45. The summed E-state index contributed by atoms with van der Waals surface area (Å²) < 4.78 is 5.17. The molecule has 3 aliphatic rings. The van der Waals surface area contributed by atoms with Gasteiger partial charge in [-0.05, 0) is 31.5 Å². The molecule has 3 heterocycles. The molecule has 3 fully saturated rings. The van der Waals surface area contributed by atoms with E-state index in [2.05, 4.69) is 40.1 Å². The number of carbonyl (C=O) groups is 1. The van der Waals surface area contributed by atoms with Gasteiger partial charge in [0.1, 0.15) is 0 Å². The standard InChI is InChI=1S/C18H24N2O2.2ClH/c21-18-17-12-20(11-15(17)13-22-18)16-6-8-19(9-7-16)10-14-4-2-1-3-5-14;;/h1-5,15-17H,6-13H2;2*1H/t15-,17-;;/m1../s1. The molecule has 0 aliphatic carbocycles. The topological polar surface area (TPSA) is 32.8 Å². The van der Waals surface area contributed by atoms with Crippen LogP contribution in [0.3, 0.4) is 0 Å². The van der Waals surface area contributed by atoms with Gasteiger partial charge in [0, 0.05) is 31.6 Å². The van der Waals surface area contributed by atoms with Gasteiger partial charge >= 0.3 is 5.97 Å². The lowest BCUT2D eigenvalue weighted by Gasteiger charge is -2.37. The van der Waals surface area contributed by atoms with Crippen molar-refractivity contribution in [2.24, 2.45) is 11.8 Å². The van der Waals surface area contributed by atoms with Crippen LogP contribution in [-0.2, 0) is 16.1 Å². The molecule has 134 valence electrons. The summed E-state index contributed by atoms with van der Waals surface area (Å²) in [6, 6.07) is 11.4. The van der Waals surface area contributed by atoms with Gasteiger partial charge in [-0.2, -0.15) is 0 Å². The lowest BCUT2D eigenvalue weighted by Crippen LogP contribution is -2.44. The largest absolute Gasteiger partial charge is 0.465 e. The Hall–Kier alpha value is -0.810. The maximum atomic E-state index is 11.7. The summed E-state index contributed by atoms with van der Waals surface area (Å²) in [7, 11) is 0. The van der Waals surface area contributed by atoms with Gasteiger partial charge in [0.25, 0.3) is 0 Å². The van der Waals surface area contributed by atoms with Gasteiger partial charge in [-0.1, -0.05) is 30.3 Å². The van der Waals surface area contributed by atoms with Crippen LogP contribution >= 0.6 is 24.8 Å². The van der Waals surface area contributed by atoms with Gasteiger partial charge in [-0.15, -0.1) is 24.8 Å². The molecule has 6 heteroatoms. The van der Waals surface area contributed by atoms with Crippen molar-refractivity contribution in [3.05, 3.63) is 35.9 Å². The second-order valence-corrected chi connectivity index (χ2v) is 6.94. The molecule has 4 rings (SSSR count). The summed E-state index contributed by atoms with van der Waals surface area (Å²) in [5, 5.41) is 0. The molecule has 3 aliphatic heterocycles. The Kier molecular flexibility index (Phi) is 6.93. The molecule has 3 saturated heterocycles. The van der Waals surface area contributed by atoms with E-state index in [-0.39, 0.29) is 36.7 Å². The summed E-state index contributed by atoms with van der Waals surface area (Å²) >= 11 is 0. The molecule has 0 spiro atoms. The third-order valence-electron chi connectivity index (χ3n) is 5.53. The maximum Gasteiger partial charge on any atom is 0.310 e. The van der Waals surface area contributed by atoms with E-state index in [0.717, 1.165) is 32.7 Å². The molecule has 1 aromatic carbocycles. The van der Waals surface area contributed by atoms with Gasteiger partial charge in [-0.3, -0.25) is 14.6 Å². The number of esters is 1. The van der Waals surface area contributed by atoms with Crippen LogP contribution in [0.2, 0.25) is 0 Å². The third-order valence-corrected chi connectivity index (χ3v) is 5.53. The number of rotatable bonds is 3. The van der Waals surface area contributed by atoms with E-state index in [1.807, 2.05) is 0 Å². The van der Waals surface area contributed by atoms with Crippen molar-refractivity contribution in [2.75, 3.05) is 32.8 Å². The molecule has 0 bridgehead atoms. The Morgan fingerprint density at radius 1 is 1.04 bits per heavy atom. The first-order valence-electron chi connectivity index (χ1n) is 8.46. The van der Waals surface area contributed by atoms with E-state index in [1.54, 1.807) is 0 Å². The van der Waals surface area contributed by atoms with E-state index in [0.29, 0.717) is 18.6 Å². The van der Waals surface area contributed by atoms with Crippen molar-refractivity contribution in [3.8, 4) is 0 Å². The van der Waals surface area contributed by atoms with E-state index in [1.165, 1.54) is 18.4 Å². The molecule has 0 amide bonds. The number of hydrogen-bond acceptors (Lipinski definition) is 4. The fourth-order valence-corrected chi connectivity index (χ4v) is 4.22. The lowest BCUT2D eigenvalue weighted by molar-refractivity contribution is -0.141. The van der Waals surface area contributed by atoms with E-state index >= 15 is 0 Å². The third kappa shape index (κ3) is 4.05. The molecule has 4 nitrogen and oxygen atoms in total. The smallest absolute Gasteiger partial charge is 0.310 e. The Balaban J connectivity index is 0.00000104. The van der Waals surface area contributed by atoms with Crippen molar-refractivity contribution >= 4 is 30.8 Å². The average Bonchev–Trinajstić information content (AvgIpc) is 3.12. The highest BCUT2D eigenvalue weighted by atomic mass is 35.5. The molecule has 0 saturated carbocycles. The van der Waals surface area contributed by atoms with Crippen LogP contribution < -0.4 is 0 Å². The van der Waals surface area contributed by atoms with Crippen molar-refractivity contribution in [1.29, 1.82) is 0 Å². The zero-order valence-corrected chi connectivity index (χ0v) is 15.4. The number of carbonyl (C=O) groups excluding carboxylic acids is 1. The fourth-order valence-electron chi connectivity index (χ4n) is 4.22. The lowest BCUT2D eigenvalue weighted by atomic mass is 10.0. The quantitative estimate of drug-likeness (QED) is 0.763.